The zero-order valence-corrected chi connectivity index (χ0v) is 11.6. The van der Waals surface area contributed by atoms with Crippen LogP contribution in [0.2, 0.25) is 0 Å². The van der Waals surface area contributed by atoms with Crippen molar-refractivity contribution < 1.29 is 0 Å². The zero-order chi connectivity index (χ0) is 12.0. The third-order valence-electron chi connectivity index (χ3n) is 6.36. The average Bonchev–Trinajstić information content (AvgIpc) is 2.98. The SMILES string of the molecule is CC(C)C1CCC(C2(N)C3CCCCC32)CC1. The van der Waals surface area contributed by atoms with E-state index in [2.05, 4.69) is 13.8 Å². The van der Waals surface area contributed by atoms with Gasteiger partial charge in [0.2, 0.25) is 0 Å². The van der Waals surface area contributed by atoms with Gasteiger partial charge in [-0.2, -0.15) is 0 Å². The van der Waals surface area contributed by atoms with Gasteiger partial charge in [0.05, 0.1) is 0 Å². The molecule has 2 unspecified atom stereocenters. The summed E-state index contributed by atoms with van der Waals surface area (Å²) >= 11 is 0. The van der Waals surface area contributed by atoms with Gasteiger partial charge in [0.1, 0.15) is 0 Å². The lowest BCUT2D eigenvalue weighted by atomic mass is 9.73. The van der Waals surface area contributed by atoms with Crippen LogP contribution in [0.1, 0.15) is 65.2 Å². The predicted molar refractivity (Wildman–Crippen MR) is 72.7 cm³/mol. The van der Waals surface area contributed by atoms with E-state index >= 15 is 0 Å². The normalized spacial score (nSPS) is 50.1. The van der Waals surface area contributed by atoms with Gasteiger partial charge < -0.3 is 5.73 Å². The first-order valence-electron chi connectivity index (χ1n) is 7.93. The molecule has 1 heteroatoms. The summed E-state index contributed by atoms with van der Waals surface area (Å²) in [5, 5.41) is 0. The zero-order valence-electron chi connectivity index (χ0n) is 11.6. The van der Waals surface area contributed by atoms with E-state index in [1.165, 1.54) is 51.4 Å². The van der Waals surface area contributed by atoms with Gasteiger partial charge in [-0.15, -0.1) is 0 Å². The van der Waals surface area contributed by atoms with Crippen molar-refractivity contribution in [3.8, 4) is 0 Å². The second kappa shape index (κ2) is 4.26. The van der Waals surface area contributed by atoms with Crippen molar-refractivity contribution in [2.45, 2.75) is 70.8 Å². The summed E-state index contributed by atoms with van der Waals surface area (Å²) in [6, 6.07) is 0. The number of hydrogen-bond acceptors (Lipinski definition) is 1. The fourth-order valence-electron chi connectivity index (χ4n) is 5.11. The Labute approximate surface area is 107 Å². The Balaban J connectivity index is 1.60. The van der Waals surface area contributed by atoms with Gasteiger partial charge in [-0.05, 0) is 68.1 Å². The Bertz CT molecular complexity index is 263. The number of hydrogen-bond donors (Lipinski definition) is 1. The van der Waals surface area contributed by atoms with Crippen LogP contribution in [0, 0.1) is 29.6 Å². The van der Waals surface area contributed by atoms with E-state index in [0.29, 0.717) is 5.54 Å². The van der Waals surface area contributed by atoms with Crippen LogP contribution in [0.15, 0.2) is 0 Å². The van der Waals surface area contributed by atoms with E-state index in [9.17, 15) is 0 Å². The number of fused-ring (bicyclic) bond motifs is 1. The van der Waals surface area contributed by atoms with Crippen molar-refractivity contribution in [2.24, 2.45) is 35.3 Å². The van der Waals surface area contributed by atoms with Crippen molar-refractivity contribution in [2.75, 3.05) is 0 Å². The van der Waals surface area contributed by atoms with Gasteiger partial charge in [0.15, 0.2) is 0 Å². The lowest BCUT2D eigenvalue weighted by Gasteiger charge is -2.35. The van der Waals surface area contributed by atoms with E-state index in [1.807, 2.05) is 0 Å². The molecular weight excluding hydrogens is 206 g/mol. The Morgan fingerprint density at radius 1 is 0.882 bits per heavy atom. The van der Waals surface area contributed by atoms with Crippen molar-refractivity contribution in [1.82, 2.24) is 0 Å². The molecule has 0 radical (unpaired) electrons. The fraction of sp³-hybridized carbons (Fsp3) is 1.00. The molecule has 0 saturated heterocycles. The van der Waals surface area contributed by atoms with Crippen LogP contribution in [0.3, 0.4) is 0 Å². The predicted octanol–water partition coefficient (Wildman–Crippen LogP) is 3.97. The van der Waals surface area contributed by atoms with Crippen molar-refractivity contribution in [3.63, 3.8) is 0 Å². The monoisotopic (exact) mass is 235 g/mol. The molecule has 1 nitrogen and oxygen atoms in total. The summed E-state index contributed by atoms with van der Waals surface area (Å²) in [4.78, 5) is 0. The maximum atomic E-state index is 6.79. The lowest BCUT2D eigenvalue weighted by Crippen LogP contribution is -2.39. The summed E-state index contributed by atoms with van der Waals surface area (Å²) in [5.41, 5.74) is 7.08. The average molecular weight is 235 g/mol. The van der Waals surface area contributed by atoms with E-state index < -0.39 is 0 Å². The van der Waals surface area contributed by atoms with Crippen molar-refractivity contribution in [1.29, 1.82) is 0 Å². The van der Waals surface area contributed by atoms with Gasteiger partial charge in [-0.3, -0.25) is 0 Å². The van der Waals surface area contributed by atoms with Gasteiger partial charge >= 0.3 is 0 Å². The standard InChI is InChI=1S/C16H29N/c1-11(2)12-7-9-13(10-8-12)16(17)14-5-3-4-6-15(14)16/h11-15H,3-10,17H2,1-2H3. The highest BCUT2D eigenvalue weighted by Gasteiger charge is 2.65. The maximum absolute atomic E-state index is 6.79. The van der Waals surface area contributed by atoms with Crippen LogP contribution < -0.4 is 5.73 Å². The second-order valence-corrected chi connectivity index (χ2v) is 7.35. The van der Waals surface area contributed by atoms with E-state index in [4.69, 9.17) is 5.73 Å². The molecule has 0 aromatic rings. The fourth-order valence-corrected chi connectivity index (χ4v) is 5.11. The summed E-state index contributed by atoms with van der Waals surface area (Å²) in [6.07, 6.45) is 11.5. The maximum Gasteiger partial charge on any atom is 0.0246 e. The van der Waals surface area contributed by atoms with Crippen LogP contribution >= 0.6 is 0 Å². The molecule has 0 spiro atoms. The summed E-state index contributed by atoms with van der Waals surface area (Å²) < 4.78 is 0. The Hall–Kier alpha value is -0.0400. The quantitative estimate of drug-likeness (QED) is 0.770. The van der Waals surface area contributed by atoms with E-state index in [-0.39, 0.29) is 0 Å². The molecule has 3 fully saturated rings. The summed E-state index contributed by atoms with van der Waals surface area (Å²) in [6.45, 7) is 4.78. The molecule has 3 rings (SSSR count). The molecule has 0 bridgehead atoms. The third kappa shape index (κ3) is 1.85. The van der Waals surface area contributed by atoms with Gasteiger partial charge in [0, 0.05) is 5.54 Å². The molecule has 17 heavy (non-hydrogen) atoms. The highest BCUT2D eigenvalue weighted by atomic mass is 14.9. The first-order chi connectivity index (χ1) is 8.14. The number of nitrogens with two attached hydrogens (primary N) is 1. The third-order valence-corrected chi connectivity index (χ3v) is 6.36. The molecule has 0 heterocycles. The molecule has 3 aliphatic rings. The molecule has 2 atom stereocenters. The minimum absolute atomic E-state index is 0.290. The van der Waals surface area contributed by atoms with Crippen LogP contribution in [0.25, 0.3) is 0 Å². The van der Waals surface area contributed by atoms with E-state index in [1.54, 1.807) is 0 Å². The largest absolute Gasteiger partial charge is 0.324 e. The van der Waals surface area contributed by atoms with Crippen molar-refractivity contribution >= 4 is 0 Å². The van der Waals surface area contributed by atoms with Crippen LogP contribution in [-0.2, 0) is 0 Å². The minimum Gasteiger partial charge on any atom is -0.324 e. The molecule has 3 saturated carbocycles. The molecule has 0 amide bonds. The molecular formula is C16H29N. The van der Waals surface area contributed by atoms with Crippen LogP contribution in [0.5, 0.6) is 0 Å². The Morgan fingerprint density at radius 2 is 1.41 bits per heavy atom. The second-order valence-electron chi connectivity index (χ2n) is 7.35. The molecule has 0 aliphatic heterocycles. The lowest BCUT2D eigenvalue weighted by molar-refractivity contribution is 0.185. The smallest absolute Gasteiger partial charge is 0.0246 e. The highest BCUT2D eigenvalue weighted by molar-refractivity contribution is 5.20. The Morgan fingerprint density at radius 3 is 1.88 bits per heavy atom. The first kappa shape index (κ1) is 12.0. The van der Waals surface area contributed by atoms with Crippen LogP contribution in [-0.4, -0.2) is 5.54 Å². The molecule has 0 aromatic heterocycles. The molecule has 0 aromatic carbocycles. The van der Waals surface area contributed by atoms with Gasteiger partial charge in [-0.1, -0.05) is 26.7 Å². The van der Waals surface area contributed by atoms with Crippen LogP contribution in [0.4, 0.5) is 0 Å². The summed E-state index contributed by atoms with van der Waals surface area (Å²) in [7, 11) is 0. The summed E-state index contributed by atoms with van der Waals surface area (Å²) in [5.74, 6) is 4.56. The van der Waals surface area contributed by atoms with Crippen molar-refractivity contribution in [3.05, 3.63) is 0 Å². The molecule has 98 valence electrons. The Kier molecular flexibility index (Phi) is 3.01. The highest BCUT2D eigenvalue weighted by Crippen LogP contribution is 2.63. The number of rotatable bonds is 2. The minimum atomic E-state index is 0.290. The van der Waals surface area contributed by atoms with Gasteiger partial charge in [-0.25, -0.2) is 0 Å². The topological polar surface area (TPSA) is 26.0 Å². The molecule has 3 aliphatic carbocycles. The van der Waals surface area contributed by atoms with Gasteiger partial charge in [0.25, 0.3) is 0 Å². The molecule has 2 N–H and O–H groups in total. The van der Waals surface area contributed by atoms with E-state index in [0.717, 1.165) is 29.6 Å². The first-order valence-corrected chi connectivity index (χ1v) is 7.93.